The Kier molecular flexibility index (Phi) is 2.69. The molecule has 0 fully saturated rings. The number of halogens is 1. The highest BCUT2D eigenvalue weighted by molar-refractivity contribution is 9.11. The van der Waals surface area contributed by atoms with Crippen molar-refractivity contribution in [1.29, 1.82) is 0 Å². The maximum atomic E-state index is 3.77. The monoisotopic (exact) mass is 196 g/mol. The number of benzene rings is 1. The molecule has 0 atom stereocenters. The van der Waals surface area contributed by atoms with E-state index in [1.54, 1.807) is 0 Å². The highest BCUT2D eigenvalue weighted by atomic mass is 79.9. The van der Waals surface area contributed by atoms with E-state index in [-0.39, 0.29) is 0 Å². The second kappa shape index (κ2) is 3.57. The lowest BCUT2D eigenvalue weighted by atomic mass is 10.2. The van der Waals surface area contributed by atoms with E-state index < -0.39 is 0 Å². The Hall–Kier alpha value is -0.560. The third kappa shape index (κ3) is 2.36. The zero-order valence-electron chi connectivity index (χ0n) is 5.68. The molecule has 0 aromatic heterocycles. The molecule has 0 N–H and O–H groups in total. The lowest BCUT2D eigenvalue weighted by molar-refractivity contribution is 1.26. The SMILES string of the molecule is C=C(Br)Cc1ccccc1. The van der Waals surface area contributed by atoms with Crippen LogP contribution in [-0.4, -0.2) is 0 Å². The molecule has 0 saturated carbocycles. The van der Waals surface area contributed by atoms with Gasteiger partial charge >= 0.3 is 0 Å². The molecule has 0 bridgehead atoms. The average Bonchev–Trinajstić information content (AvgIpc) is 1.88. The van der Waals surface area contributed by atoms with Gasteiger partial charge in [0, 0.05) is 6.42 Å². The first-order valence-electron chi connectivity index (χ1n) is 3.16. The van der Waals surface area contributed by atoms with E-state index in [2.05, 4.69) is 34.6 Å². The standard InChI is InChI=1S/C9H9Br/c1-8(10)7-9-5-3-2-4-6-9/h2-6H,1,7H2. The van der Waals surface area contributed by atoms with Gasteiger partial charge < -0.3 is 0 Å². The van der Waals surface area contributed by atoms with Crippen LogP contribution in [0.1, 0.15) is 5.56 Å². The van der Waals surface area contributed by atoms with Gasteiger partial charge in [0.1, 0.15) is 0 Å². The van der Waals surface area contributed by atoms with Crippen molar-refractivity contribution in [3.63, 3.8) is 0 Å². The summed E-state index contributed by atoms with van der Waals surface area (Å²) in [4.78, 5) is 0. The van der Waals surface area contributed by atoms with Gasteiger partial charge in [0.15, 0.2) is 0 Å². The van der Waals surface area contributed by atoms with Crippen LogP contribution in [0.15, 0.2) is 41.4 Å². The minimum atomic E-state index is 0.918. The minimum Gasteiger partial charge on any atom is -0.0885 e. The summed E-state index contributed by atoms with van der Waals surface area (Å²) in [6.07, 6.45) is 0.918. The lowest BCUT2D eigenvalue weighted by Crippen LogP contribution is -1.80. The topological polar surface area (TPSA) is 0 Å². The Labute approximate surface area is 69.7 Å². The van der Waals surface area contributed by atoms with Gasteiger partial charge in [0.25, 0.3) is 0 Å². The number of hydrogen-bond donors (Lipinski definition) is 0. The summed E-state index contributed by atoms with van der Waals surface area (Å²) >= 11 is 3.32. The molecule has 1 aromatic rings. The normalized spacial score (nSPS) is 9.30. The molecule has 0 spiro atoms. The number of rotatable bonds is 2. The molecule has 1 rings (SSSR count). The summed E-state index contributed by atoms with van der Waals surface area (Å²) < 4.78 is 1.03. The van der Waals surface area contributed by atoms with Crippen LogP contribution in [0.25, 0.3) is 0 Å². The number of allylic oxidation sites excluding steroid dienone is 1. The Morgan fingerprint density at radius 2 is 1.90 bits per heavy atom. The van der Waals surface area contributed by atoms with Crippen molar-refractivity contribution < 1.29 is 0 Å². The quantitative estimate of drug-likeness (QED) is 0.683. The van der Waals surface area contributed by atoms with Crippen molar-refractivity contribution in [2.45, 2.75) is 6.42 Å². The summed E-state index contributed by atoms with van der Waals surface area (Å²) in [6.45, 7) is 3.77. The van der Waals surface area contributed by atoms with Crippen molar-refractivity contribution >= 4 is 15.9 Å². The van der Waals surface area contributed by atoms with E-state index >= 15 is 0 Å². The van der Waals surface area contributed by atoms with Crippen LogP contribution in [0.5, 0.6) is 0 Å². The fourth-order valence-corrected chi connectivity index (χ4v) is 1.14. The van der Waals surface area contributed by atoms with Gasteiger partial charge in [0.2, 0.25) is 0 Å². The van der Waals surface area contributed by atoms with Crippen molar-refractivity contribution in [3.8, 4) is 0 Å². The summed E-state index contributed by atoms with van der Waals surface area (Å²) in [7, 11) is 0. The molecule has 1 aromatic carbocycles. The maximum absolute atomic E-state index is 3.77. The Morgan fingerprint density at radius 1 is 1.30 bits per heavy atom. The Bertz CT molecular complexity index is 213. The molecule has 0 unspecified atom stereocenters. The summed E-state index contributed by atoms with van der Waals surface area (Å²) in [5.74, 6) is 0. The Balaban J connectivity index is 2.67. The molecular formula is C9H9Br. The van der Waals surface area contributed by atoms with Gasteiger partial charge in [-0.1, -0.05) is 52.8 Å². The molecule has 0 aliphatic heterocycles. The van der Waals surface area contributed by atoms with Crippen LogP contribution < -0.4 is 0 Å². The van der Waals surface area contributed by atoms with Crippen molar-refractivity contribution in [2.75, 3.05) is 0 Å². The first-order chi connectivity index (χ1) is 4.79. The fourth-order valence-electron chi connectivity index (χ4n) is 0.817. The summed E-state index contributed by atoms with van der Waals surface area (Å²) in [5.41, 5.74) is 1.30. The lowest BCUT2D eigenvalue weighted by Gasteiger charge is -1.95. The van der Waals surface area contributed by atoms with Crippen LogP contribution in [0, 0.1) is 0 Å². The molecule has 0 heterocycles. The predicted molar refractivity (Wildman–Crippen MR) is 48.2 cm³/mol. The number of hydrogen-bond acceptors (Lipinski definition) is 0. The maximum Gasteiger partial charge on any atom is 0.00347 e. The van der Waals surface area contributed by atoms with E-state index in [4.69, 9.17) is 0 Å². The van der Waals surface area contributed by atoms with Crippen LogP contribution >= 0.6 is 15.9 Å². The highest BCUT2D eigenvalue weighted by Gasteiger charge is 1.90. The summed E-state index contributed by atoms with van der Waals surface area (Å²) in [5, 5.41) is 0. The van der Waals surface area contributed by atoms with Gasteiger partial charge in [-0.15, -0.1) is 0 Å². The molecule has 0 nitrogen and oxygen atoms in total. The molecule has 52 valence electrons. The van der Waals surface area contributed by atoms with Gasteiger partial charge in [-0.3, -0.25) is 0 Å². The fraction of sp³-hybridized carbons (Fsp3) is 0.111. The van der Waals surface area contributed by atoms with Crippen molar-refractivity contribution in [1.82, 2.24) is 0 Å². The molecule has 10 heavy (non-hydrogen) atoms. The zero-order chi connectivity index (χ0) is 7.40. The smallest absolute Gasteiger partial charge is 0.00347 e. The third-order valence-corrected chi connectivity index (χ3v) is 1.52. The second-order valence-corrected chi connectivity index (χ2v) is 3.30. The molecule has 0 saturated heterocycles. The highest BCUT2D eigenvalue weighted by Crippen LogP contribution is 2.10. The molecule has 0 radical (unpaired) electrons. The third-order valence-electron chi connectivity index (χ3n) is 1.24. The van der Waals surface area contributed by atoms with Gasteiger partial charge in [0.05, 0.1) is 0 Å². The van der Waals surface area contributed by atoms with Crippen LogP contribution in [0.2, 0.25) is 0 Å². The van der Waals surface area contributed by atoms with Crippen LogP contribution in [0.3, 0.4) is 0 Å². The molecule has 1 heteroatoms. The molecular weight excluding hydrogens is 188 g/mol. The van der Waals surface area contributed by atoms with E-state index in [1.807, 2.05) is 18.2 Å². The van der Waals surface area contributed by atoms with Crippen LogP contribution in [-0.2, 0) is 6.42 Å². The second-order valence-electron chi connectivity index (χ2n) is 2.18. The first-order valence-corrected chi connectivity index (χ1v) is 3.95. The molecule has 0 amide bonds. The van der Waals surface area contributed by atoms with Crippen molar-refractivity contribution in [2.24, 2.45) is 0 Å². The predicted octanol–water partition coefficient (Wildman–Crippen LogP) is 3.14. The average molecular weight is 197 g/mol. The Morgan fingerprint density at radius 3 is 2.40 bits per heavy atom. The van der Waals surface area contributed by atoms with E-state index in [0.717, 1.165) is 10.9 Å². The van der Waals surface area contributed by atoms with E-state index in [9.17, 15) is 0 Å². The van der Waals surface area contributed by atoms with Gasteiger partial charge in [-0.2, -0.15) is 0 Å². The van der Waals surface area contributed by atoms with Gasteiger partial charge in [-0.05, 0) is 10.0 Å². The van der Waals surface area contributed by atoms with Crippen LogP contribution in [0.4, 0.5) is 0 Å². The zero-order valence-corrected chi connectivity index (χ0v) is 7.26. The molecule has 0 aliphatic rings. The van der Waals surface area contributed by atoms with E-state index in [0.29, 0.717) is 0 Å². The molecule has 0 aliphatic carbocycles. The first kappa shape index (κ1) is 7.55. The summed E-state index contributed by atoms with van der Waals surface area (Å²) in [6, 6.07) is 10.3. The largest absolute Gasteiger partial charge is 0.0885 e. The van der Waals surface area contributed by atoms with Crippen molar-refractivity contribution in [3.05, 3.63) is 47.0 Å². The minimum absolute atomic E-state index is 0.918. The van der Waals surface area contributed by atoms with Gasteiger partial charge in [-0.25, -0.2) is 0 Å². The van der Waals surface area contributed by atoms with E-state index in [1.165, 1.54) is 5.56 Å².